The van der Waals surface area contributed by atoms with Crippen molar-refractivity contribution in [3.8, 4) is 0 Å². The van der Waals surface area contributed by atoms with Crippen molar-refractivity contribution in [1.82, 2.24) is 15.1 Å². The number of rotatable bonds is 5. The lowest BCUT2D eigenvalue weighted by Gasteiger charge is -2.10. The molecule has 18 heavy (non-hydrogen) atoms. The van der Waals surface area contributed by atoms with Crippen LogP contribution >= 0.6 is 23.2 Å². The van der Waals surface area contributed by atoms with Gasteiger partial charge in [-0.05, 0) is 24.7 Å². The summed E-state index contributed by atoms with van der Waals surface area (Å²) in [6.07, 6.45) is 1.79. The molecule has 0 atom stereocenters. The number of aromatic nitrogens is 2. The third kappa shape index (κ3) is 3.05. The molecule has 0 spiro atoms. The number of halogens is 2. The van der Waals surface area contributed by atoms with E-state index in [0.29, 0.717) is 16.6 Å². The van der Waals surface area contributed by atoms with Gasteiger partial charge < -0.3 is 5.32 Å². The number of nitrogens with one attached hydrogen (secondary N) is 1. The van der Waals surface area contributed by atoms with Gasteiger partial charge in [0, 0.05) is 28.4 Å². The van der Waals surface area contributed by atoms with Gasteiger partial charge in [-0.2, -0.15) is 5.10 Å². The zero-order chi connectivity index (χ0) is 13.0. The first-order chi connectivity index (χ1) is 8.72. The first-order valence-corrected chi connectivity index (χ1v) is 6.62. The van der Waals surface area contributed by atoms with E-state index in [2.05, 4.69) is 17.3 Å². The Balaban J connectivity index is 2.21. The fourth-order valence-electron chi connectivity index (χ4n) is 1.74. The summed E-state index contributed by atoms with van der Waals surface area (Å²) < 4.78 is 1.91. The van der Waals surface area contributed by atoms with E-state index in [1.165, 1.54) is 0 Å². The monoisotopic (exact) mass is 283 g/mol. The summed E-state index contributed by atoms with van der Waals surface area (Å²) in [7, 11) is 0. The molecule has 1 heterocycles. The second-order valence-corrected chi connectivity index (χ2v) is 4.78. The lowest BCUT2D eigenvalue weighted by Crippen LogP contribution is -2.16. The first-order valence-electron chi connectivity index (χ1n) is 5.86. The first kappa shape index (κ1) is 13.4. The molecule has 96 valence electrons. The molecule has 0 radical (unpaired) electrons. The van der Waals surface area contributed by atoms with Gasteiger partial charge in [0.25, 0.3) is 0 Å². The largest absolute Gasteiger partial charge is 0.311 e. The van der Waals surface area contributed by atoms with Crippen LogP contribution in [-0.2, 0) is 13.1 Å². The van der Waals surface area contributed by atoms with Crippen molar-refractivity contribution in [2.75, 3.05) is 6.54 Å². The summed E-state index contributed by atoms with van der Waals surface area (Å²) >= 11 is 12.3. The highest BCUT2D eigenvalue weighted by Gasteiger charge is 2.09. The standard InChI is InChI=1S/C13H15Cl2N3/c1-2-16-8-10-6-7-17-18(10)9-11-12(14)4-3-5-13(11)15/h3-7,16H,2,8-9H2,1H3. The van der Waals surface area contributed by atoms with Crippen molar-refractivity contribution in [1.29, 1.82) is 0 Å². The van der Waals surface area contributed by atoms with Crippen LogP contribution in [0, 0.1) is 0 Å². The Morgan fingerprint density at radius 1 is 1.22 bits per heavy atom. The molecule has 2 aromatic rings. The van der Waals surface area contributed by atoms with E-state index in [1.807, 2.05) is 28.9 Å². The number of nitrogens with zero attached hydrogens (tertiary/aromatic N) is 2. The molecule has 0 bridgehead atoms. The molecule has 2 rings (SSSR count). The maximum atomic E-state index is 6.16. The molecule has 0 aliphatic rings. The quantitative estimate of drug-likeness (QED) is 0.912. The Morgan fingerprint density at radius 2 is 1.94 bits per heavy atom. The van der Waals surface area contributed by atoms with Gasteiger partial charge in [0.2, 0.25) is 0 Å². The highest BCUT2D eigenvalue weighted by Crippen LogP contribution is 2.25. The number of hydrogen-bond donors (Lipinski definition) is 1. The van der Waals surface area contributed by atoms with Crippen molar-refractivity contribution in [3.63, 3.8) is 0 Å². The average Bonchev–Trinajstić information content (AvgIpc) is 2.79. The van der Waals surface area contributed by atoms with Gasteiger partial charge in [-0.1, -0.05) is 36.2 Å². The van der Waals surface area contributed by atoms with E-state index in [0.717, 1.165) is 24.3 Å². The maximum absolute atomic E-state index is 6.16. The van der Waals surface area contributed by atoms with Gasteiger partial charge in [-0.15, -0.1) is 0 Å². The Morgan fingerprint density at radius 3 is 2.61 bits per heavy atom. The van der Waals surface area contributed by atoms with E-state index in [4.69, 9.17) is 23.2 Å². The Kier molecular flexibility index (Phi) is 4.64. The molecule has 1 aromatic carbocycles. The molecule has 0 unspecified atom stereocenters. The molecular weight excluding hydrogens is 269 g/mol. The van der Waals surface area contributed by atoms with Crippen LogP contribution in [0.15, 0.2) is 30.5 Å². The minimum Gasteiger partial charge on any atom is -0.311 e. The van der Waals surface area contributed by atoms with Crippen molar-refractivity contribution < 1.29 is 0 Å². The van der Waals surface area contributed by atoms with Crippen molar-refractivity contribution in [3.05, 3.63) is 51.8 Å². The predicted molar refractivity (Wildman–Crippen MR) is 75.2 cm³/mol. The van der Waals surface area contributed by atoms with Crippen molar-refractivity contribution in [2.24, 2.45) is 0 Å². The Hall–Kier alpha value is -1.03. The van der Waals surface area contributed by atoms with E-state index in [-0.39, 0.29) is 0 Å². The fourth-order valence-corrected chi connectivity index (χ4v) is 2.26. The van der Waals surface area contributed by atoms with E-state index >= 15 is 0 Å². The van der Waals surface area contributed by atoms with Crippen LogP contribution in [0.2, 0.25) is 10.0 Å². The average molecular weight is 284 g/mol. The van der Waals surface area contributed by atoms with E-state index in [1.54, 1.807) is 6.20 Å². The number of benzene rings is 1. The highest BCUT2D eigenvalue weighted by atomic mass is 35.5. The summed E-state index contributed by atoms with van der Waals surface area (Å²) in [5.41, 5.74) is 2.02. The molecule has 1 N–H and O–H groups in total. The summed E-state index contributed by atoms with van der Waals surface area (Å²) in [5, 5.41) is 8.93. The van der Waals surface area contributed by atoms with Crippen LogP contribution in [0.3, 0.4) is 0 Å². The third-order valence-corrected chi connectivity index (χ3v) is 3.44. The fraction of sp³-hybridized carbons (Fsp3) is 0.308. The maximum Gasteiger partial charge on any atom is 0.0692 e. The highest BCUT2D eigenvalue weighted by molar-refractivity contribution is 6.35. The molecule has 0 amide bonds. The van der Waals surface area contributed by atoms with Crippen LogP contribution in [0.5, 0.6) is 0 Å². The topological polar surface area (TPSA) is 29.9 Å². The summed E-state index contributed by atoms with van der Waals surface area (Å²) in [6.45, 7) is 4.38. The normalized spacial score (nSPS) is 10.8. The van der Waals surface area contributed by atoms with Crippen LogP contribution < -0.4 is 5.32 Å². The van der Waals surface area contributed by atoms with Crippen molar-refractivity contribution in [2.45, 2.75) is 20.0 Å². The predicted octanol–water partition coefficient (Wildman–Crippen LogP) is 3.35. The molecule has 0 aliphatic heterocycles. The lowest BCUT2D eigenvalue weighted by atomic mass is 10.2. The molecular formula is C13H15Cl2N3. The SMILES string of the molecule is CCNCc1ccnn1Cc1c(Cl)cccc1Cl. The molecule has 0 aliphatic carbocycles. The number of hydrogen-bond acceptors (Lipinski definition) is 2. The molecule has 1 aromatic heterocycles. The van der Waals surface area contributed by atoms with Crippen LogP contribution in [0.1, 0.15) is 18.2 Å². The summed E-state index contributed by atoms with van der Waals surface area (Å²) in [5.74, 6) is 0. The minimum atomic E-state index is 0.590. The van der Waals surface area contributed by atoms with Crippen LogP contribution in [0.25, 0.3) is 0 Å². The van der Waals surface area contributed by atoms with Crippen LogP contribution in [0.4, 0.5) is 0 Å². The minimum absolute atomic E-state index is 0.590. The summed E-state index contributed by atoms with van der Waals surface area (Å²) in [4.78, 5) is 0. The molecule has 0 fully saturated rings. The smallest absolute Gasteiger partial charge is 0.0692 e. The van der Waals surface area contributed by atoms with E-state index in [9.17, 15) is 0 Å². The molecule has 5 heteroatoms. The second kappa shape index (κ2) is 6.23. The summed E-state index contributed by atoms with van der Waals surface area (Å²) in [6, 6.07) is 7.52. The van der Waals surface area contributed by atoms with Gasteiger partial charge in [-0.25, -0.2) is 0 Å². The lowest BCUT2D eigenvalue weighted by molar-refractivity contribution is 0.606. The molecule has 3 nitrogen and oxygen atoms in total. The van der Waals surface area contributed by atoms with Gasteiger partial charge in [0.1, 0.15) is 0 Å². The molecule has 0 saturated heterocycles. The Labute approximate surface area is 117 Å². The van der Waals surface area contributed by atoms with Gasteiger partial charge >= 0.3 is 0 Å². The van der Waals surface area contributed by atoms with Crippen molar-refractivity contribution >= 4 is 23.2 Å². The van der Waals surface area contributed by atoms with E-state index < -0.39 is 0 Å². The zero-order valence-corrected chi connectivity index (χ0v) is 11.7. The zero-order valence-electron chi connectivity index (χ0n) is 10.2. The third-order valence-electron chi connectivity index (χ3n) is 2.73. The van der Waals surface area contributed by atoms with Gasteiger partial charge in [0.15, 0.2) is 0 Å². The van der Waals surface area contributed by atoms with Crippen LogP contribution in [-0.4, -0.2) is 16.3 Å². The van der Waals surface area contributed by atoms with Gasteiger partial charge in [0.05, 0.1) is 12.2 Å². The second-order valence-electron chi connectivity index (χ2n) is 3.96. The Bertz CT molecular complexity index is 502. The van der Waals surface area contributed by atoms with Gasteiger partial charge in [-0.3, -0.25) is 4.68 Å². The molecule has 0 saturated carbocycles.